The van der Waals surface area contributed by atoms with Gasteiger partial charge < -0.3 is 19.7 Å². The summed E-state index contributed by atoms with van der Waals surface area (Å²) in [6, 6.07) is 4.12. The number of nitrogens with one attached hydrogen (secondary N) is 1. The third-order valence-corrected chi connectivity index (χ3v) is 4.04. The molecule has 2 aromatic rings. The van der Waals surface area contributed by atoms with E-state index in [4.69, 9.17) is 4.74 Å². The number of nitrogens with zero attached hydrogens (tertiary/aromatic N) is 3. The molecule has 0 radical (unpaired) electrons. The molecule has 0 spiro atoms. The van der Waals surface area contributed by atoms with Crippen molar-refractivity contribution in [2.45, 2.75) is 6.61 Å². The zero-order chi connectivity index (χ0) is 20.3. The van der Waals surface area contributed by atoms with Crippen molar-refractivity contribution < 1.29 is 32.2 Å². The van der Waals surface area contributed by atoms with Gasteiger partial charge in [0.25, 0.3) is 11.8 Å². The van der Waals surface area contributed by atoms with Crippen LogP contribution in [0.1, 0.15) is 21.0 Å². The quantitative estimate of drug-likeness (QED) is 0.831. The number of carbonyl (C=O) groups is 2. The highest BCUT2D eigenvalue weighted by Gasteiger charge is 2.24. The average Bonchev–Trinajstić information content (AvgIpc) is 3.05. The maximum absolute atomic E-state index is 13.3. The largest absolute Gasteiger partial charge is 0.432 e. The van der Waals surface area contributed by atoms with Gasteiger partial charge >= 0.3 is 6.61 Å². The molecule has 1 aromatic heterocycles. The van der Waals surface area contributed by atoms with Gasteiger partial charge in [-0.25, -0.2) is 4.39 Å². The molecule has 1 aliphatic heterocycles. The van der Waals surface area contributed by atoms with Gasteiger partial charge in [0.05, 0.1) is 18.9 Å². The van der Waals surface area contributed by atoms with E-state index < -0.39 is 24.1 Å². The van der Waals surface area contributed by atoms with Crippen molar-refractivity contribution in [2.75, 3.05) is 31.6 Å². The number of anilines is 1. The minimum atomic E-state index is -3.19. The number of hydrogen-bond acceptors (Lipinski definition) is 5. The number of hydrogen-bond donors (Lipinski definition) is 1. The molecular formula is C17H17F3N4O4. The summed E-state index contributed by atoms with van der Waals surface area (Å²) in [6.07, 6.45) is 0. The van der Waals surface area contributed by atoms with Crippen LogP contribution in [0.2, 0.25) is 0 Å². The Morgan fingerprint density at radius 2 is 1.96 bits per heavy atom. The lowest BCUT2D eigenvalue weighted by Gasteiger charge is -2.25. The van der Waals surface area contributed by atoms with E-state index in [1.807, 2.05) is 0 Å². The molecule has 0 atom stereocenters. The number of amides is 2. The van der Waals surface area contributed by atoms with Crippen LogP contribution in [-0.4, -0.2) is 59.4 Å². The van der Waals surface area contributed by atoms with Crippen LogP contribution < -0.4 is 10.1 Å². The van der Waals surface area contributed by atoms with Crippen LogP contribution in [0.4, 0.5) is 18.9 Å². The normalized spacial score (nSPS) is 14.2. The number of carbonyl (C=O) groups excluding carboxylic acids is 2. The predicted octanol–water partition coefficient (Wildman–Crippen LogP) is 1.89. The Kier molecular flexibility index (Phi) is 5.83. The molecule has 0 saturated carbocycles. The Bertz CT molecular complexity index is 881. The van der Waals surface area contributed by atoms with Crippen molar-refractivity contribution >= 4 is 17.5 Å². The van der Waals surface area contributed by atoms with Crippen molar-refractivity contribution in [3.8, 4) is 5.75 Å². The molecular weight excluding hydrogens is 381 g/mol. The van der Waals surface area contributed by atoms with Gasteiger partial charge in [-0.3, -0.25) is 14.3 Å². The highest BCUT2D eigenvalue weighted by atomic mass is 19.3. The van der Waals surface area contributed by atoms with Crippen LogP contribution >= 0.6 is 0 Å². The lowest BCUT2D eigenvalue weighted by Crippen LogP contribution is -2.40. The number of aryl methyl sites for hydroxylation is 1. The van der Waals surface area contributed by atoms with E-state index in [2.05, 4.69) is 15.2 Å². The fraction of sp³-hybridized carbons (Fsp3) is 0.353. The first-order valence-electron chi connectivity index (χ1n) is 8.32. The van der Waals surface area contributed by atoms with E-state index in [1.165, 1.54) is 17.8 Å². The Hall–Kier alpha value is -3.08. The molecule has 150 valence electrons. The molecule has 8 nitrogen and oxygen atoms in total. The van der Waals surface area contributed by atoms with Crippen molar-refractivity contribution in [3.05, 3.63) is 41.5 Å². The lowest BCUT2D eigenvalue weighted by molar-refractivity contribution is -0.0495. The number of aromatic nitrogens is 2. The number of rotatable bonds is 5. The lowest BCUT2D eigenvalue weighted by atomic mass is 10.2. The molecule has 0 bridgehead atoms. The molecule has 2 heterocycles. The molecule has 0 unspecified atom stereocenters. The first-order valence-corrected chi connectivity index (χ1v) is 8.32. The zero-order valence-electron chi connectivity index (χ0n) is 14.8. The van der Waals surface area contributed by atoms with E-state index in [0.717, 1.165) is 18.2 Å². The third kappa shape index (κ3) is 4.42. The Labute approximate surface area is 157 Å². The zero-order valence-corrected chi connectivity index (χ0v) is 14.8. The summed E-state index contributed by atoms with van der Waals surface area (Å²) in [5.41, 5.74) is -0.0596. The van der Waals surface area contributed by atoms with E-state index in [1.54, 1.807) is 4.90 Å². The van der Waals surface area contributed by atoms with Crippen molar-refractivity contribution in [1.29, 1.82) is 0 Å². The van der Waals surface area contributed by atoms with Gasteiger partial charge in [0.1, 0.15) is 11.5 Å². The monoisotopic (exact) mass is 398 g/mol. The van der Waals surface area contributed by atoms with Crippen molar-refractivity contribution in [2.24, 2.45) is 7.05 Å². The SMILES string of the molecule is Cn1nc(C(=O)N2CCOCC2)cc1C(=O)Nc1ccc(F)cc1OC(F)F. The molecule has 1 aliphatic rings. The molecule has 3 rings (SSSR count). The second kappa shape index (κ2) is 8.30. The van der Waals surface area contributed by atoms with Crippen molar-refractivity contribution in [3.63, 3.8) is 0 Å². The Balaban J connectivity index is 1.78. The molecule has 1 saturated heterocycles. The Morgan fingerprint density at radius 3 is 2.64 bits per heavy atom. The van der Waals surface area contributed by atoms with Crippen LogP contribution in [0, 0.1) is 5.82 Å². The van der Waals surface area contributed by atoms with Gasteiger partial charge in [-0.2, -0.15) is 13.9 Å². The molecule has 1 N–H and O–H groups in total. The first kappa shape index (κ1) is 19.7. The highest BCUT2D eigenvalue weighted by molar-refractivity contribution is 6.05. The number of benzene rings is 1. The standard InChI is InChI=1S/C17H17F3N4O4/c1-23-13(9-12(22-23)16(26)24-4-6-27-7-5-24)15(25)21-11-3-2-10(18)8-14(11)28-17(19)20/h2-3,8-9,17H,4-7H2,1H3,(H,21,25). The smallest absolute Gasteiger partial charge is 0.387 e. The number of ether oxygens (including phenoxy) is 2. The molecule has 28 heavy (non-hydrogen) atoms. The summed E-state index contributed by atoms with van der Waals surface area (Å²) in [5, 5.41) is 6.41. The number of halogens is 3. The summed E-state index contributed by atoms with van der Waals surface area (Å²) in [6.45, 7) is -1.51. The van der Waals surface area contributed by atoms with Crippen LogP contribution in [0.15, 0.2) is 24.3 Å². The fourth-order valence-corrected chi connectivity index (χ4v) is 2.69. The molecule has 11 heteroatoms. The van der Waals surface area contributed by atoms with Crippen LogP contribution in [-0.2, 0) is 11.8 Å². The predicted molar refractivity (Wildman–Crippen MR) is 90.9 cm³/mol. The van der Waals surface area contributed by atoms with Gasteiger partial charge in [0, 0.05) is 32.3 Å². The van der Waals surface area contributed by atoms with Gasteiger partial charge in [0.15, 0.2) is 11.4 Å². The summed E-state index contributed by atoms with van der Waals surface area (Å²) in [7, 11) is 1.46. The van der Waals surface area contributed by atoms with Crippen molar-refractivity contribution in [1.82, 2.24) is 14.7 Å². The summed E-state index contributed by atoms with van der Waals surface area (Å²) in [5.74, 6) is -2.38. The fourth-order valence-electron chi connectivity index (χ4n) is 2.69. The minimum Gasteiger partial charge on any atom is -0.432 e. The van der Waals surface area contributed by atoms with Gasteiger partial charge in [-0.05, 0) is 12.1 Å². The topological polar surface area (TPSA) is 85.7 Å². The van der Waals surface area contributed by atoms with Crippen LogP contribution in [0.5, 0.6) is 5.75 Å². The van der Waals surface area contributed by atoms with Crippen LogP contribution in [0.25, 0.3) is 0 Å². The number of alkyl halides is 2. The van der Waals surface area contributed by atoms with E-state index in [-0.39, 0.29) is 23.0 Å². The van der Waals surface area contributed by atoms with Crippen LogP contribution in [0.3, 0.4) is 0 Å². The molecule has 0 aliphatic carbocycles. The number of morpholine rings is 1. The van der Waals surface area contributed by atoms with E-state index >= 15 is 0 Å². The van der Waals surface area contributed by atoms with Gasteiger partial charge in [-0.15, -0.1) is 0 Å². The maximum Gasteiger partial charge on any atom is 0.387 e. The average molecular weight is 398 g/mol. The summed E-state index contributed by atoms with van der Waals surface area (Å²) >= 11 is 0. The van der Waals surface area contributed by atoms with Gasteiger partial charge in [-0.1, -0.05) is 0 Å². The summed E-state index contributed by atoms with van der Waals surface area (Å²) in [4.78, 5) is 26.6. The molecule has 2 amide bonds. The highest BCUT2D eigenvalue weighted by Crippen LogP contribution is 2.27. The third-order valence-electron chi connectivity index (χ3n) is 4.04. The first-order chi connectivity index (χ1) is 13.3. The minimum absolute atomic E-state index is 0.0175. The second-order valence-corrected chi connectivity index (χ2v) is 5.92. The van der Waals surface area contributed by atoms with E-state index in [0.29, 0.717) is 26.3 Å². The summed E-state index contributed by atoms with van der Waals surface area (Å²) < 4.78 is 48.9. The second-order valence-electron chi connectivity index (χ2n) is 5.92. The molecule has 1 aromatic carbocycles. The van der Waals surface area contributed by atoms with Gasteiger partial charge in [0.2, 0.25) is 0 Å². The Morgan fingerprint density at radius 1 is 1.25 bits per heavy atom. The van der Waals surface area contributed by atoms with E-state index in [9.17, 15) is 22.8 Å². The maximum atomic E-state index is 13.3. The molecule has 1 fully saturated rings.